The van der Waals surface area contributed by atoms with Gasteiger partial charge in [-0.3, -0.25) is 0 Å². The van der Waals surface area contributed by atoms with Crippen molar-refractivity contribution in [3.05, 3.63) is 36.4 Å². The van der Waals surface area contributed by atoms with E-state index in [1.54, 1.807) is 25.1 Å². The number of methoxy groups -OCH3 is 2. The van der Waals surface area contributed by atoms with Crippen LogP contribution in [-0.2, 0) is 19.1 Å². The van der Waals surface area contributed by atoms with E-state index in [9.17, 15) is 9.59 Å². The molecule has 0 bridgehead atoms. The van der Waals surface area contributed by atoms with E-state index in [1.807, 2.05) is 6.07 Å². The summed E-state index contributed by atoms with van der Waals surface area (Å²) in [5.41, 5.74) is -0.657. The van der Waals surface area contributed by atoms with Crippen molar-refractivity contribution in [1.29, 1.82) is 0 Å². The molecule has 1 aromatic rings. The van der Waals surface area contributed by atoms with Crippen LogP contribution in [0.1, 0.15) is 6.92 Å². The molecule has 1 aromatic carbocycles. The Labute approximate surface area is 122 Å². The van der Waals surface area contributed by atoms with Crippen molar-refractivity contribution in [3.8, 4) is 5.75 Å². The maximum absolute atomic E-state index is 12.2. The van der Waals surface area contributed by atoms with Crippen molar-refractivity contribution in [2.45, 2.75) is 18.6 Å². The molecule has 6 nitrogen and oxygen atoms in total. The third kappa shape index (κ3) is 2.84. The lowest BCUT2D eigenvalue weighted by atomic mass is 9.94. The van der Waals surface area contributed by atoms with Gasteiger partial charge in [-0.05, 0) is 25.1 Å². The van der Waals surface area contributed by atoms with Gasteiger partial charge in [0.1, 0.15) is 5.75 Å². The van der Waals surface area contributed by atoms with Crippen molar-refractivity contribution in [1.82, 2.24) is 0 Å². The predicted molar refractivity (Wildman–Crippen MR) is 76.1 cm³/mol. The number of hydrogen-bond acceptors (Lipinski definition) is 6. The second-order valence-corrected chi connectivity index (χ2v) is 4.74. The summed E-state index contributed by atoms with van der Waals surface area (Å²) in [5, 5.41) is 3.06. The number of rotatable bonds is 5. The molecule has 0 saturated carbocycles. The summed E-state index contributed by atoms with van der Waals surface area (Å²) in [6, 6.07) is 7.14. The van der Waals surface area contributed by atoms with Crippen molar-refractivity contribution in [3.63, 3.8) is 0 Å². The average Bonchev–Trinajstić information content (AvgIpc) is 2.94. The summed E-state index contributed by atoms with van der Waals surface area (Å²) in [6.07, 6.45) is 2.06. The molecule has 0 fully saturated rings. The molecule has 0 spiro atoms. The molecule has 0 unspecified atom stereocenters. The fourth-order valence-corrected chi connectivity index (χ4v) is 2.16. The first-order chi connectivity index (χ1) is 10.0. The molecule has 0 aliphatic carbocycles. The van der Waals surface area contributed by atoms with Crippen LogP contribution in [0.5, 0.6) is 5.75 Å². The van der Waals surface area contributed by atoms with Crippen LogP contribution < -0.4 is 10.1 Å². The minimum atomic E-state index is -1.26. The Morgan fingerprint density at radius 1 is 1.33 bits per heavy atom. The Kier molecular flexibility index (Phi) is 4.16. The summed E-state index contributed by atoms with van der Waals surface area (Å²) in [5.74, 6) is -0.462. The molecule has 1 aliphatic rings. The fourth-order valence-electron chi connectivity index (χ4n) is 2.16. The molecule has 1 N–H and O–H groups in total. The zero-order valence-corrected chi connectivity index (χ0v) is 12.1. The minimum Gasteiger partial charge on any atom is -0.495 e. The van der Waals surface area contributed by atoms with Gasteiger partial charge in [-0.15, -0.1) is 0 Å². The quantitative estimate of drug-likeness (QED) is 0.829. The molecule has 2 atom stereocenters. The molecular weight excluding hydrogens is 274 g/mol. The van der Waals surface area contributed by atoms with Crippen molar-refractivity contribution in [2.75, 3.05) is 19.5 Å². The smallest absolute Gasteiger partial charge is 0.335 e. The second-order valence-electron chi connectivity index (χ2n) is 4.74. The number of cyclic esters (lactones) is 1. The van der Waals surface area contributed by atoms with Crippen LogP contribution in [0.15, 0.2) is 36.4 Å². The van der Waals surface area contributed by atoms with E-state index in [4.69, 9.17) is 14.2 Å². The number of carbonyl (C=O) groups is 2. The molecule has 1 aliphatic heterocycles. The lowest BCUT2D eigenvalue weighted by molar-refractivity contribution is -0.153. The lowest BCUT2D eigenvalue weighted by Gasteiger charge is -2.33. The standard InChI is InChI=1S/C15H17NO5/c1-15(14(18)20-3,12-8-9-13(17)21-12)16-10-6-4-5-7-11(10)19-2/h4-9,12,16H,1-3H3/t12-,15-/m1/s1. The first kappa shape index (κ1) is 14.9. The van der Waals surface area contributed by atoms with Gasteiger partial charge in [0.2, 0.25) is 0 Å². The highest BCUT2D eigenvalue weighted by atomic mass is 16.6. The highest BCUT2D eigenvalue weighted by Crippen LogP contribution is 2.31. The van der Waals surface area contributed by atoms with Gasteiger partial charge in [0.05, 0.1) is 19.9 Å². The van der Waals surface area contributed by atoms with Gasteiger partial charge < -0.3 is 19.5 Å². The summed E-state index contributed by atoms with van der Waals surface area (Å²) >= 11 is 0. The highest BCUT2D eigenvalue weighted by Gasteiger charge is 2.46. The van der Waals surface area contributed by atoms with Gasteiger partial charge in [-0.2, -0.15) is 0 Å². The molecule has 21 heavy (non-hydrogen) atoms. The minimum absolute atomic E-state index is 0.489. The van der Waals surface area contributed by atoms with Gasteiger partial charge in [-0.25, -0.2) is 9.59 Å². The molecular formula is C15H17NO5. The number of hydrogen-bond donors (Lipinski definition) is 1. The molecule has 0 aromatic heterocycles. The zero-order chi connectivity index (χ0) is 15.5. The second kappa shape index (κ2) is 5.87. The van der Waals surface area contributed by atoms with Gasteiger partial charge in [0, 0.05) is 6.08 Å². The number of carbonyl (C=O) groups excluding carboxylic acids is 2. The van der Waals surface area contributed by atoms with Crippen LogP contribution in [0.2, 0.25) is 0 Å². The van der Waals surface area contributed by atoms with Gasteiger partial charge in [0.25, 0.3) is 0 Å². The van der Waals surface area contributed by atoms with E-state index in [-0.39, 0.29) is 0 Å². The van der Waals surface area contributed by atoms with Gasteiger partial charge in [-0.1, -0.05) is 12.1 Å². The van der Waals surface area contributed by atoms with E-state index < -0.39 is 23.6 Å². The molecule has 6 heteroatoms. The van der Waals surface area contributed by atoms with Crippen LogP contribution in [0, 0.1) is 0 Å². The van der Waals surface area contributed by atoms with Crippen molar-refractivity contribution < 1.29 is 23.8 Å². The molecule has 1 heterocycles. The Morgan fingerprint density at radius 3 is 2.62 bits per heavy atom. The predicted octanol–water partition coefficient (Wildman–Crippen LogP) is 1.52. The first-order valence-corrected chi connectivity index (χ1v) is 6.39. The summed E-state index contributed by atoms with van der Waals surface area (Å²) in [6.45, 7) is 1.61. The monoisotopic (exact) mass is 291 g/mol. The molecule has 0 amide bonds. The summed E-state index contributed by atoms with van der Waals surface area (Å²) < 4.78 is 15.2. The fraction of sp³-hybridized carbons (Fsp3) is 0.333. The Bertz CT molecular complexity index is 583. The number of anilines is 1. The van der Waals surface area contributed by atoms with Gasteiger partial charge >= 0.3 is 11.9 Å². The van der Waals surface area contributed by atoms with E-state index in [0.29, 0.717) is 11.4 Å². The normalized spacial score (nSPS) is 19.6. The van der Waals surface area contributed by atoms with Crippen LogP contribution in [0.25, 0.3) is 0 Å². The Balaban J connectivity index is 2.35. The van der Waals surface area contributed by atoms with Crippen LogP contribution in [0.4, 0.5) is 5.69 Å². The molecule has 112 valence electrons. The van der Waals surface area contributed by atoms with Crippen LogP contribution in [0.3, 0.4) is 0 Å². The molecule has 2 rings (SSSR count). The van der Waals surface area contributed by atoms with Crippen LogP contribution in [-0.4, -0.2) is 37.8 Å². The molecule has 0 radical (unpaired) electrons. The number of para-hydroxylation sites is 2. The largest absolute Gasteiger partial charge is 0.495 e. The Hall–Kier alpha value is -2.50. The first-order valence-electron chi connectivity index (χ1n) is 6.39. The number of esters is 2. The van der Waals surface area contributed by atoms with Crippen LogP contribution >= 0.6 is 0 Å². The number of ether oxygens (including phenoxy) is 3. The van der Waals surface area contributed by atoms with E-state index in [2.05, 4.69) is 5.32 Å². The Morgan fingerprint density at radius 2 is 2.05 bits per heavy atom. The summed E-state index contributed by atoms with van der Waals surface area (Å²) in [4.78, 5) is 23.5. The van der Waals surface area contributed by atoms with E-state index in [0.717, 1.165) is 0 Å². The number of benzene rings is 1. The zero-order valence-electron chi connectivity index (χ0n) is 12.1. The van der Waals surface area contributed by atoms with Crippen molar-refractivity contribution >= 4 is 17.6 Å². The molecule has 0 saturated heterocycles. The highest BCUT2D eigenvalue weighted by molar-refractivity contribution is 5.90. The van der Waals surface area contributed by atoms with Gasteiger partial charge in [0.15, 0.2) is 11.6 Å². The number of nitrogens with one attached hydrogen (secondary N) is 1. The maximum atomic E-state index is 12.2. The third-order valence-electron chi connectivity index (χ3n) is 3.33. The van der Waals surface area contributed by atoms with E-state index >= 15 is 0 Å². The topological polar surface area (TPSA) is 73.9 Å². The lowest BCUT2D eigenvalue weighted by Crippen LogP contribution is -2.53. The summed E-state index contributed by atoms with van der Waals surface area (Å²) in [7, 11) is 2.82. The van der Waals surface area contributed by atoms with Crippen molar-refractivity contribution in [2.24, 2.45) is 0 Å². The third-order valence-corrected chi connectivity index (χ3v) is 3.33. The maximum Gasteiger partial charge on any atom is 0.335 e. The van der Waals surface area contributed by atoms with E-state index in [1.165, 1.54) is 26.4 Å². The SMILES string of the molecule is COC(=O)[C@](C)(Nc1ccccc1OC)[C@H]1C=CC(=O)O1. The average molecular weight is 291 g/mol.